The fourth-order valence-electron chi connectivity index (χ4n) is 2.06. The summed E-state index contributed by atoms with van der Waals surface area (Å²) in [6.45, 7) is 3.20. The minimum atomic E-state index is 0.155. The van der Waals surface area contributed by atoms with Crippen LogP contribution in [0, 0.1) is 0 Å². The first-order valence-corrected chi connectivity index (χ1v) is 5.17. The highest BCUT2D eigenvalue weighted by molar-refractivity contribution is 5.31. The Hall–Kier alpha value is -1.26. The molecule has 2 rings (SSSR count). The Morgan fingerprint density at radius 3 is 3.07 bits per heavy atom. The van der Waals surface area contributed by atoms with Gasteiger partial charge in [-0.15, -0.1) is 0 Å². The third-order valence-electron chi connectivity index (χ3n) is 2.67. The largest absolute Gasteiger partial charge is 0.390 e. The van der Waals surface area contributed by atoms with Crippen LogP contribution in [0.1, 0.15) is 32.6 Å². The molecule has 2 heterocycles. The van der Waals surface area contributed by atoms with Gasteiger partial charge in [-0.05, 0) is 19.3 Å². The van der Waals surface area contributed by atoms with Crippen molar-refractivity contribution < 1.29 is 4.42 Å². The summed E-state index contributed by atoms with van der Waals surface area (Å²) in [6.07, 6.45) is 4.79. The summed E-state index contributed by atoms with van der Waals surface area (Å²) in [6, 6.07) is 1.29. The Bertz CT molecular complexity index is 299. The van der Waals surface area contributed by atoms with Gasteiger partial charge in [0.2, 0.25) is 0 Å². The van der Waals surface area contributed by atoms with Crippen LogP contribution in [0.15, 0.2) is 4.42 Å². The molecule has 1 aliphatic heterocycles. The molecular formula is C9H16N4O. The first kappa shape index (κ1) is 9.30. The Labute approximate surface area is 83.3 Å². The lowest BCUT2D eigenvalue weighted by Gasteiger charge is -2.21. The van der Waals surface area contributed by atoms with Crippen LogP contribution in [-0.4, -0.2) is 22.8 Å². The summed E-state index contributed by atoms with van der Waals surface area (Å²) >= 11 is 0. The molecule has 0 aromatic carbocycles. The third kappa shape index (κ3) is 1.66. The fourth-order valence-corrected chi connectivity index (χ4v) is 2.06. The molecule has 0 aliphatic carbocycles. The first-order valence-electron chi connectivity index (χ1n) is 5.17. The van der Waals surface area contributed by atoms with Crippen LogP contribution in [0.2, 0.25) is 0 Å². The van der Waals surface area contributed by atoms with Crippen molar-refractivity contribution in [3.05, 3.63) is 0 Å². The van der Waals surface area contributed by atoms with Crippen LogP contribution in [0.5, 0.6) is 0 Å². The average molecular weight is 196 g/mol. The lowest BCUT2D eigenvalue weighted by atomic mass is 10.1. The van der Waals surface area contributed by atoms with E-state index in [4.69, 9.17) is 10.2 Å². The van der Waals surface area contributed by atoms with Gasteiger partial charge in [-0.25, -0.2) is 0 Å². The predicted molar refractivity (Wildman–Crippen MR) is 54.0 cm³/mol. The van der Waals surface area contributed by atoms with Crippen LogP contribution in [0.3, 0.4) is 0 Å². The van der Waals surface area contributed by atoms with Crippen molar-refractivity contribution in [1.82, 2.24) is 10.2 Å². The molecule has 1 aromatic heterocycles. The van der Waals surface area contributed by atoms with Crippen LogP contribution in [-0.2, 0) is 0 Å². The second kappa shape index (κ2) is 3.86. The van der Waals surface area contributed by atoms with E-state index in [-0.39, 0.29) is 6.01 Å². The number of hydrogen-bond acceptors (Lipinski definition) is 5. The van der Waals surface area contributed by atoms with Gasteiger partial charge < -0.3 is 15.1 Å². The van der Waals surface area contributed by atoms with E-state index in [1.165, 1.54) is 25.7 Å². The minimum absolute atomic E-state index is 0.155. The zero-order chi connectivity index (χ0) is 9.97. The van der Waals surface area contributed by atoms with Crippen LogP contribution < -0.4 is 10.6 Å². The van der Waals surface area contributed by atoms with E-state index in [1.54, 1.807) is 0 Å². The average Bonchev–Trinajstić information content (AvgIpc) is 2.74. The minimum Gasteiger partial charge on any atom is -0.390 e. The van der Waals surface area contributed by atoms with Crippen molar-refractivity contribution in [3.8, 4) is 0 Å². The van der Waals surface area contributed by atoms with Gasteiger partial charge >= 0.3 is 12.0 Å². The maximum atomic E-state index is 5.40. The highest BCUT2D eigenvalue weighted by atomic mass is 16.4. The van der Waals surface area contributed by atoms with Gasteiger partial charge in [0.1, 0.15) is 0 Å². The topological polar surface area (TPSA) is 68.2 Å². The highest BCUT2D eigenvalue weighted by Crippen LogP contribution is 2.27. The molecule has 0 saturated carbocycles. The first-order chi connectivity index (χ1) is 6.81. The van der Waals surface area contributed by atoms with E-state index in [9.17, 15) is 0 Å². The highest BCUT2D eigenvalue weighted by Gasteiger charge is 2.27. The van der Waals surface area contributed by atoms with E-state index >= 15 is 0 Å². The van der Waals surface area contributed by atoms with E-state index in [0.29, 0.717) is 12.1 Å². The zero-order valence-electron chi connectivity index (χ0n) is 8.44. The Morgan fingerprint density at radius 1 is 1.57 bits per heavy atom. The van der Waals surface area contributed by atoms with Crippen molar-refractivity contribution in [3.63, 3.8) is 0 Å². The number of nitrogen functional groups attached to an aromatic ring is 1. The number of nitrogens with two attached hydrogens (primary N) is 1. The number of anilines is 2. The molecule has 0 radical (unpaired) electrons. The maximum Gasteiger partial charge on any atom is 0.319 e. The summed E-state index contributed by atoms with van der Waals surface area (Å²) in [5.74, 6) is 0. The van der Waals surface area contributed by atoms with Gasteiger partial charge in [-0.3, -0.25) is 0 Å². The molecule has 0 spiro atoms. The fraction of sp³-hybridized carbons (Fsp3) is 0.778. The summed E-state index contributed by atoms with van der Waals surface area (Å²) < 4.78 is 5.23. The third-order valence-corrected chi connectivity index (χ3v) is 2.67. The van der Waals surface area contributed by atoms with E-state index in [0.717, 1.165) is 6.54 Å². The van der Waals surface area contributed by atoms with Crippen molar-refractivity contribution in [2.24, 2.45) is 0 Å². The molecule has 1 saturated heterocycles. The monoisotopic (exact) mass is 196 g/mol. The van der Waals surface area contributed by atoms with Crippen LogP contribution >= 0.6 is 0 Å². The van der Waals surface area contributed by atoms with E-state index in [2.05, 4.69) is 22.0 Å². The van der Waals surface area contributed by atoms with Crippen LogP contribution in [0.4, 0.5) is 12.0 Å². The zero-order valence-corrected chi connectivity index (χ0v) is 8.44. The number of hydrogen-bond donors (Lipinski definition) is 1. The summed E-state index contributed by atoms with van der Waals surface area (Å²) in [5, 5.41) is 7.59. The molecule has 1 unspecified atom stereocenters. The Balaban J connectivity index is 2.09. The number of nitrogens with zero attached hydrogens (tertiary/aromatic N) is 3. The van der Waals surface area contributed by atoms with Gasteiger partial charge in [0.25, 0.3) is 0 Å². The van der Waals surface area contributed by atoms with Crippen LogP contribution in [0.25, 0.3) is 0 Å². The van der Waals surface area contributed by atoms with Crippen molar-refractivity contribution in [1.29, 1.82) is 0 Å². The molecule has 1 atom stereocenters. The lowest BCUT2D eigenvalue weighted by Crippen LogP contribution is -2.29. The van der Waals surface area contributed by atoms with Crippen molar-refractivity contribution in [2.45, 2.75) is 38.6 Å². The normalized spacial score (nSPS) is 21.8. The molecule has 1 fully saturated rings. The van der Waals surface area contributed by atoms with Gasteiger partial charge in [-0.1, -0.05) is 23.5 Å². The Kier molecular flexibility index (Phi) is 2.56. The maximum absolute atomic E-state index is 5.40. The van der Waals surface area contributed by atoms with Gasteiger partial charge in [-0.2, -0.15) is 0 Å². The lowest BCUT2D eigenvalue weighted by molar-refractivity contribution is 0.516. The smallest absolute Gasteiger partial charge is 0.319 e. The van der Waals surface area contributed by atoms with Crippen molar-refractivity contribution in [2.75, 3.05) is 17.2 Å². The number of rotatable bonds is 3. The summed E-state index contributed by atoms with van der Waals surface area (Å²) in [7, 11) is 0. The molecular weight excluding hydrogens is 180 g/mol. The molecule has 0 amide bonds. The second-order valence-corrected chi connectivity index (χ2v) is 3.70. The SMILES string of the molecule is CCCC1CCCN1c1nnc(N)o1. The summed E-state index contributed by atoms with van der Waals surface area (Å²) in [4.78, 5) is 2.17. The van der Waals surface area contributed by atoms with Crippen molar-refractivity contribution >= 4 is 12.0 Å². The molecule has 5 nitrogen and oxygen atoms in total. The molecule has 1 aliphatic rings. The quantitative estimate of drug-likeness (QED) is 0.791. The van der Waals surface area contributed by atoms with Gasteiger partial charge in [0, 0.05) is 12.6 Å². The van der Waals surface area contributed by atoms with Gasteiger partial charge in [0.15, 0.2) is 0 Å². The van der Waals surface area contributed by atoms with Gasteiger partial charge in [0.05, 0.1) is 0 Å². The molecule has 14 heavy (non-hydrogen) atoms. The standard InChI is InChI=1S/C9H16N4O/c1-2-4-7-5-3-6-13(7)9-12-11-8(10)14-9/h7H,2-6H2,1H3,(H2,10,11). The predicted octanol–water partition coefficient (Wildman–Crippen LogP) is 1.42. The van der Waals surface area contributed by atoms with E-state index < -0.39 is 0 Å². The molecule has 78 valence electrons. The number of aromatic nitrogens is 2. The molecule has 5 heteroatoms. The Morgan fingerprint density at radius 2 is 2.43 bits per heavy atom. The molecule has 2 N–H and O–H groups in total. The second-order valence-electron chi connectivity index (χ2n) is 3.70. The summed E-state index contributed by atoms with van der Waals surface area (Å²) in [5.41, 5.74) is 5.40. The molecule has 0 bridgehead atoms. The van der Waals surface area contributed by atoms with E-state index in [1.807, 2.05) is 0 Å². The molecule has 1 aromatic rings.